The fourth-order valence-corrected chi connectivity index (χ4v) is 1.09. The van der Waals surface area contributed by atoms with E-state index in [0.29, 0.717) is 5.56 Å². The standard InChI is InChI=1S/C12H9F3O2/c1-17-11(16)10-6-2-4-9(8-10)5-3-7-12(13,14)15/h3-5,8H,7H2,1H3/b5-3+. The van der Waals surface area contributed by atoms with Crippen molar-refractivity contribution in [2.45, 2.75) is 12.6 Å². The maximum Gasteiger partial charge on any atom is 0.392 e. The topological polar surface area (TPSA) is 26.3 Å². The van der Waals surface area contributed by atoms with Gasteiger partial charge in [-0.3, -0.25) is 0 Å². The normalized spacial score (nSPS) is 11.3. The van der Waals surface area contributed by atoms with Gasteiger partial charge < -0.3 is 4.74 Å². The average Bonchev–Trinajstić information content (AvgIpc) is 2.27. The third-order valence-corrected chi connectivity index (χ3v) is 1.82. The predicted molar refractivity (Wildman–Crippen MR) is 55.2 cm³/mol. The summed E-state index contributed by atoms with van der Waals surface area (Å²) < 4.78 is 40.1. The summed E-state index contributed by atoms with van der Waals surface area (Å²) >= 11 is 0. The van der Waals surface area contributed by atoms with Crippen molar-refractivity contribution < 1.29 is 22.7 Å². The molecule has 5 heteroatoms. The molecule has 1 aromatic rings. The van der Waals surface area contributed by atoms with Gasteiger partial charge in [0.25, 0.3) is 0 Å². The number of rotatable bonds is 3. The van der Waals surface area contributed by atoms with Crippen LogP contribution in [0.3, 0.4) is 0 Å². The van der Waals surface area contributed by atoms with Crippen LogP contribution >= 0.6 is 0 Å². The van der Waals surface area contributed by atoms with E-state index in [1.807, 2.05) is 0 Å². The molecule has 0 spiro atoms. The lowest BCUT2D eigenvalue weighted by molar-refractivity contribution is -0.124. The first-order valence-corrected chi connectivity index (χ1v) is 4.67. The predicted octanol–water partition coefficient (Wildman–Crippen LogP) is 3.04. The number of halogens is 3. The summed E-state index contributed by atoms with van der Waals surface area (Å²) in [5.41, 5.74) is 0.565. The maximum atomic E-state index is 11.9. The Morgan fingerprint density at radius 3 is 2.82 bits per heavy atom. The van der Waals surface area contributed by atoms with Crippen LogP contribution in [0.5, 0.6) is 0 Å². The van der Waals surface area contributed by atoms with E-state index in [1.54, 1.807) is 0 Å². The van der Waals surface area contributed by atoms with Crippen molar-refractivity contribution in [3.8, 4) is 0 Å². The quantitative estimate of drug-likeness (QED) is 0.761. The molecule has 1 rings (SSSR count). The van der Waals surface area contributed by atoms with Gasteiger partial charge in [-0.1, -0.05) is 24.3 Å². The minimum Gasteiger partial charge on any atom is -0.465 e. The number of hydrogen-bond acceptors (Lipinski definition) is 2. The number of ether oxygens (including phenoxy) is 1. The van der Waals surface area contributed by atoms with Crippen LogP contribution in [-0.2, 0) is 4.74 Å². The molecular formula is C12H9F3O2. The van der Waals surface area contributed by atoms with E-state index in [9.17, 15) is 18.0 Å². The lowest BCUT2D eigenvalue weighted by Gasteiger charge is -2.00. The van der Waals surface area contributed by atoms with Crippen molar-refractivity contribution in [3.05, 3.63) is 41.5 Å². The van der Waals surface area contributed by atoms with E-state index >= 15 is 0 Å². The van der Waals surface area contributed by atoms with Gasteiger partial charge in [0.1, 0.15) is 5.56 Å². The zero-order chi connectivity index (χ0) is 12.9. The molecule has 0 radical (unpaired) electrons. The van der Waals surface area contributed by atoms with Gasteiger partial charge in [-0.15, -0.1) is 0 Å². The van der Waals surface area contributed by atoms with Gasteiger partial charge in [0.05, 0.1) is 13.5 Å². The molecule has 0 aliphatic heterocycles. The third-order valence-electron chi connectivity index (χ3n) is 1.82. The molecule has 2 nitrogen and oxygen atoms in total. The highest BCUT2D eigenvalue weighted by atomic mass is 19.4. The summed E-state index contributed by atoms with van der Waals surface area (Å²) in [5, 5.41) is 0. The number of alkyl halides is 3. The molecule has 0 N–H and O–H groups in total. The van der Waals surface area contributed by atoms with Gasteiger partial charge in [-0.25, -0.2) is 4.79 Å². The Labute approximate surface area is 96.7 Å². The van der Waals surface area contributed by atoms with Crippen LogP contribution in [-0.4, -0.2) is 19.3 Å². The fourth-order valence-electron chi connectivity index (χ4n) is 1.09. The second kappa shape index (κ2) is 5.39. The molecule has 0 aromatic heterocycles. The van der Waals surface area contributed by atoms with Crippen molar-refractivity contribution in [1.29, 1.82) is 0 Å². The van der Waals surface area contributed by atoms with E-state index in [0.717, 1.165) is 6.08 Å². The highest BCUT2D eigenvalue weighted by Gasteiger charge is 2.24. The largest absolute Gasteiger partial charge is 0.465 e. The smallest absolute Gasteiger partial charge is 0.392 e. The van der Waals surface area contributed by atoms with Gasteiger partial charge in [0.2, 0.25) is 0 Å². The first-order chi connectivity index (χ1) is 7.92. The SMILES string of the molecule is COC(=O)c1c#ccc(/C=C/CC(F)(F)F)c1. The van der Waals surface area contributed by atoms with Crippen LogP contribution in [0.15, 0.2) is 18.2 Å². The summed E-state index contributed by atoms with van der Waals surface area (Å²) in [6, 6.07) is 7.86. The number of esters is 1. The van der Waals surface area contributed by atoms with Crippen molar-refractivity contribution >= 4 is 12.0 Å². The van der Waals surface area contributed by atoms with Crippen LogP contribution < -0.4 is 0 Å². The van der Waals surface area contributed by atoms with Crippen LogP contribution in [0.4, 0.5) is 13.2 Å². The van der Waals surface area contributed by atoms with Gasteiger partial charge in [0.15, 0.2) is 0 Å². The summed E-state index contributed by atoms with van der Waals surface area (Å²) in [6.07, 6.45) is -3.00. The van der Waals surface area contributed by atoms with Crippen molar-refractivity contribution in [2.75, 3.05) is 7.11 Å². The summed E-state index contributed by atoms with van der Waals surface area (Å²) in [6.45, 7) is 0. The zero-order valence-corrected chi connectivity index (χ0v) is 8.97. The van der Waals surface area contributed by atoms with E-state index < -0.39 is 18.6 Å². The van der Waals surface area contributed by atoms with Crippen LogP contribution in [0.2, 0.25) is 0 Å². The molecule has 0 bridgehead atoms. The molecule has 17 heavy (non-hydrogen) atoms. The number of hydrogen-bond donors (Lipinski definition) is 0. The van der Waals surface area contributed by atoms with Gasteiger partial charge >= 0.3 is 12.1 Å². The van der Waals surface area contributed by atoms with Gasteiger partial charge in [0, 0.05) is 0 Å². The number of methoxy groups -OCH3 is 1. The number of allylic oxidation sites excluding steroid dienone is 1. The Balaban J connectivity index is 2.76. The van der Waals surface area contributed by atoms with E-state index in [1.165, 1.54) is 25.3 Å². The van der Waals surface area contributed by atoms with Gasteiger partial charge in [-0.05, 0) is 17.7 Å². The highest BCUT2D eigenvalue weighted by molar-refractivity contribution is 5.89. The molecule has 0 unspecified atom stereocenters. The molecule has 0 amide bonds. The Kier molecular flexibility index (Phi) is 4.16. The molecule has 90 valence electrons. The molecule has 0 aliphatic rings. The van der Waals surface area contributed by atoms with Crippen LogP contribution in [0.1, 0.15) is 22.3 Å². The summed E-state index contributed by atoms with van der Waals surface area (Å²) in [5.74, 6) is -0.604. The Morgan fingerprint density at radius 1 is 1.53 bits per heavy atom. The molecule has 0 saturated carbocycles. The highest BCUT2D eigenvalue weighted by Crippen LogP contribution is 2.20. The minimum absolute atomic E-state index is 0.127. The Morgan fingerprint density at radius 2 is 2.24 bits per heavy atom. The maximum absolute atomic E-state index is 11.9. The Bertz CT molecular complexity index is 422. The van der Waals surface area contributed by atoms with Gasteiger partial charge in [-0.2, -0.15) is 13.2 Å². The van der Waals surface area contributed by atoms with E-state index in [2.05, 4.69) is 16.9 Å². The van der Waals surface area contributed by atoms with Crippen molar-refractivity contribution in [1.82, 2.24) is 0 Å². The first-order valence-electron chi connectivity index (χ1n) is 4.67. The summed E-state index contributed by atoms with van der Waals surface area (Å²) in [7, 11) is 1.21. The summed E-state index contributed by atoms with van der Waals surface area (Å²) in [4.78, 5) is 11.1. The van der Waals surface area contributed by atoms with Crippen molar-refractivity contribution in [2.24, 2.45) is 0 Å². The second-order valence-corrected chi connectivity index (χ2v) is 3.18. The monoisotopic (exact) mass is 242 g/mol. The third kappa shape index (κ3) is 4.60. The lowest BCUT2D eigenvalue weighted by atomic mass is 10.1. The molecule has 1 aromatic carbocycles. The fraction of sp³-hybridized carbons (Fsp3) is 0.250. The second-order valence-electron chi connectivity index (χ2n) is 3.18. The molecule has 0 heterocycles. The van der Waals surface area contributed by atoms with E-state index in [-0.39, 0.29) is 5.56 Å². The average molecular weight is 242 g/mol. The van der Waals surface area contributed by atoms with Crippen molar-refractivity contribution in [3.63, 3.8) is 0 Å². The molecule has 0 atom stereocenters. The van der Waals surface area contributed by atoms with E-state index in [4.69, 9.17) is 0 Å². The Hall–Kier alpha value is -1.96. The lowest BCUT2D eigenvalue weighted by Crippen LogP contribution is -2.04. The first kappa shape index (κ1) is 13.1. The zero-order valence-electron chi connectivity index (χ0n) is 8.97. The minimum atomic E-state index is -4.23. The van der Waals surface area contributed by atoms with Crippen LogP contribution in [0.25, 0.3) is 6.08 Å². The molecular weight excluding hydrogens is 233 g/mol. The van der Waals surface area contributed by atoms with Crippen LogP contribution in [0, 0.1) is 12.1 Å². The number of carbonyl (C=O) groups excluding carboxylic acids is 1. The molecule has 0 fully saturated rings. The molecule has 0 aliphatic carbocycles. The number of carbonyl (C=O) groups is 1. The molecule has 0 saturated heterocycles.